The normalized spacial score (nSPS) is 11.1. The fraction of sp³-hybridized carbons (Fsp3) is 0.167. The number of aromatic nitrogens is 2. The van der Waals surface area contributed by atoms with Crippen LogP contribution in [0.4, 0.5) is 0 Å². The van der Waals surface area contributed by atoms with Crippen molar-refractivity contribution in [3.8, 4) is 17.2 Å². The van der Waals surface area contributed by atoms with Crippen molar-refractivity contribution in [2.45, 2.75) is 6.54 Å². The molecule has 1 amide bonds. The third-order valence-corrected chi connectivity index (χ3v) is 5.88. The van der Waals surface area contributed by atoms with E-state index in [1.165, 1.54) is 0 Å². The Morgan fingerprint density at radius 3 is 2.62 bits per heavy atom. The van der Waals surface area contributed by atoms with E-state index in [1.807, 2.05) is 53.9 Å². The first-order valence-corrected chi connectivity index (χ1v) is 10.8. The number of fused-ring (bicyclic) bond motifs is 1. The van der Waals surface area contributed by atoms with E-state index in [0.29, 0.717) is 34.9 Å². The lowest BCUT2D eigenvalue weighted by molar-refractivity contribution is 0.0948. The van der Waals surface area contributed by atoms with Crippen LogP contribution in [-0.2, 0) is 6.54 Å². The summed E-state index contributed by atoms with van der Waals surface area (Å²) in [5, 5.41) is 13.1. The molecule has 0 radical (unpaired) electrons. The number of aromatic amines is 1. The van der Waals surface area contributed by atoms with E-state index in [2.05, 4.69) is 15.5 Å². The minimum atomic E-state index is -0.201. The fourth-order valence-electron chi connectivity index (χ4n) is 3.43. The number of thiophene rings is 1. The van der Waals surface area contributed by atoms with E-state index in [-0.39, 0.29) is 5.91 Å². The topological polar surface area (TPSA) is 85.5 Å². The van der Waals surface area contributed by atoms with Crippen LogP contribution in [0.2, 0.25) is 0 Å². The number of rotatable bonds is 8. The second-order valence-electron chi connectivity index (χ2n) is 6.89. The molecule has 8 heteroatoms. The number of carbonyl (C=O) groups is 1. The van der Waals surface area contributed by atoms with Crippen LogP contribution in [-0.4, -0.2) is 37.4 Å². The predicted octanol–water partition coefficient (Wildman–Crippen LogP) is 4.75. The summed E-state index contributed by atoms with van der Waals surface area (Å²) in [7, 11) is 4.76. The maximum atomic E-state index is 12.8. The van der Waals surface area contributed by atoms with Crippen molar-refractivity contribution in [2.75, 3.05) is 21.3 Å². The largest absolute Gasteiger partial charge is 0.495 e. The van der Waals surface area contributed by atoms with Gasteiger partial charge in [0.1, 0.15) is 5.75 Å². The molecule has 2 aromatic carbocycles. The van der Waals surface area contributed by atoms with Gasteiger partial charge in [-0.25, -0.2) is 0 Å². The van der Waals surface area contributed by atoms with Gasteiger partial charge < -0.3 is 19.5 Å². The van der Waals surface area contributed by atoms with Crippen LogP contribution in [0.1, 0.15) is 26.5 Å². The summed E-state index contributed by atoms with van der Waals surface area (Å²) < 4.78 is 16.3. The summed E-state index contributed by atoms with van der Waals surface area (Å²) >= 11 is 1.60. The third-order valence-electron chi connectivity index (χ3n) is 5.00. The minimum absolute atomic E-state index is 0.201. The first-order valence-electron chi connectivity index (χ1n) is 9.90. The Labute approximate surface area is 189 Å². The molecular weight excluding hydrogens is 426 g/mol. The van der Waals surface area contributed by atoms with Crippen LogP contribution in [0, 0.1) is 0 Å². The van der Waals surface area contributed by atoms with Crippen LogP contribution in [0.15, 0.2) is 47.8 Å². The summed E-state index contributed by atoms with van der Waals surface area (Å²) in [6.45, 7) is 0.467. The van der Waals surface area contributed by atoms with E-state index in [1.54, 1.807) is 38.7 Å². The van der Waals surface area contributed by atoms with Gasteiger partial charge in [0, 0.05) is 4.88 Å². The zero-order valence-electron chi connectivity index (χ0n) is 18.0. The average molecular weight is 450 g/mol. The lowest BCUT2D eigenvalue weighted by Gasteiger charge is -2.10. The van der Waals surface area contributed by atoms with E-state index in [0.717, 1.165) is 21.5 Å². The van der Waals surface area contributed by atoms with Crippen molar-refractivity contribution >= 4 is 40.3 Å². The molecule has 2 aromatic heterocycles. The molecule has 0 aliphatic carbocycles. The van der Waals surface area contributed by atoms with Crippen LogP contribution in [0.5, 0.6) is 17.2 Å². The van der Waals surface area contributed by atoms with Gasteiger partial charge in [0.05, 0.1) is 50.0 Å². The molecule has 0 unspecified atom stereocenters. The predicted molar refractivity (Wildman–Crippen MR) is 127 cm³/mol. The van der Waals surface area contributed by atoms with Gasteiger partial charge in [0.15, 0.2) is 11.5 Å². The zero-order chi connectivity index (χ0) is 22.5. The Hall–Kier alpha value is -3.78. The highest BCUT2D eigenvalue weighted by Gasteiger charge is 2.19. The number of ether oxygens (including phenoxy) is 3. The van der Waals surface area contributed by atoms with Crippen molar-refractivity contribution in [1.29, 1.82) is 0 Å². The van der Waals surface area contributed by atoms with Crippen LogP contribution >= 0.6 is 11.3 Å². The third kappa shape index (κ3) is 4.31. The van der Waals surface area contributed by atoms with Gasteiger partial charge >= 0.3 is 0 Å². The molecular formula is C24H23N3O4S. The molecule has 0 aliphatic heterocycles. The summed E-state index contributed by atoms with van der Waals surface area (Å²) in [6.07, 6.45) is 3.82. The highest BCUT2D eigenvalue weighted by Crippen LogP contribution is 2.33. The molecule has 0 spiro atoms. The molecule has 0 saturated carbocycles. The van der Waals surface area contributed by atoms with E-state index < -0.39 is 0 Å². The number of hydrogen-bond donors (Lipinski definition) is 2. The van der Waals surface area contributed by atoms with Crippen molar-refractivity contribution in [2.24, 2.45) is 0 Å². The summed E-state index contributed by atoms with van der Waals surface area (Å²) in [4.78, 5) is 13.9. The molecule has 32 heavy (non-hydrogen) atoms. The Morgan fingerprint density at radius 2 is 1.91 bits per heavy atom. The molecule has 0 bridgehead atoms. The molecule has 0 fully saturated rings. The number of amides is 1. The van der Waals surface area contributed by atoms with Crippen molar-refractivity contribution in [3.63, 3.8) is 0 Å². The van der Waals surface area contributed by atoms with Gasteiger partial charge in [-0.05, 0) is 47.4 Å². The Balaban J connectivity index is 1.65. The van der Waals surface area contributed by atoms with Crippen LogP contribution in [0.3, 0.4) is 0 Å². The number of carbonyl (C=O) groups excluding carboxylic acids is 1. The lowest BCUT2D eigenvalue weighted by atomic mass is 10.1. The molecule has 0 atom stereocenters. The Morgan fingerprint density at radius 1 is 1.06 bits per heavy atom. The maximum Gasteiger partial charge on any atom is 0.255 e. The highest BCUT2D eigenvalue weighted by atomic mass is 32.1. The monoisotopic (exact) mass is 449 g/mol. The van der Waals surface area contributed by atoms with Crippen molar-refractivity contribution < 1.29 is 19.0 Å². The number of methoxy groups -OCH3 is 3. The molecule has 2 heterocycles. The van der Waals surface area contributed by atoms with E-state index in [9.17, 15) is 4.79 Å². The van der Waals surface area contributed by atoms with Gasteiger partial charge in [-0.3, -0.25) is 9.89 Å². The SMILES string of the molecule is COc1ccc(/C=C/c2[nH]nc3ccc(C(=O)NCc4cccs4)c(OC)c23)cc1OC. The number of nitrogens with one attached hydrogen (secondary N) is 2. The summed E-state index contributed by atoms with van der Waals surface area (Å²) in [5.41, 5.74) is 2.83. The van der Waals surface area contributed by atoms with Crippen molar-refractivity contribution in [3.05, 3.63) is 69.5 Å². The standard InChI is InChI=1S/C24H23N3O4S/c1-29-20-11-7-15(13-21(20)30-2)6-9-18-22-19(27-26-18)10-8-17(23(22)31-3)24(28)25-14-16-5-4-12-32-16/h4-13H,14H2,1-3H3,(H,25,28)(H,26,27)/b9-6+. The van der Waals surface area contributed by atoms with E-state index >= 15 is 0 Å². The molecule has 2 N–H and O–H groups in total. The second-order valence-corrected chi connectivity index (χ2v) is 7.92. The molecule has 0 aliphatic rings. The molecule has 7 nitrogen and oxygen atoms in total. The van der Waals surface area contributed by atoms with Gasteiger partial charge in [-0.15, -0.1) is 11.3 Å². The van der Waals surface area contributed by atoms with Crippen LogP contribution < -0.4 is 19.5 Å². The number of benzene rings is 2. The number of hydrogen-bond acceptors (Lipinski definition) is 6. The quantitative estimate of drug-likeness (QED) is 0.405. The van der Waals surface area contributed by atoms with Gasteiger partial charge in [0.2, 0.25) is 0 Å². The van der Waals surface area contributed by atoms with Gasteiger partial charge in [-0.2, -0.15) is 5.10 Å². The van der Waals surface area contributed by atoms with Crippen molar-refractivity contribution in [1.82, 2.24) is 15.5 Å². The number of H-pyrrole nitrogens is 1. The summed E-state index contributed by atoms with van der Waals surface area (Å²) in [5.74, 6) is 1.59. The first kappa shape index (κ1) is 21.5. The number of nitrogens with zero attached hydrogens (tertiary/aromatic N) is 1. The molecule has 4 rings (SSSR count). The molecule has 0 saturated heterocycles. The average Bonchev–Trinajstić information content (AvgIpc) is 3.50. The summed E-state index contributed by atoms with van der Waals surface area (Å²) in [6, 6.07) is 13.1. The van der Waals surface area contributed by atoms with Gasteiger partial charge in [0.25, 0.3) is 5.91 Å². The Kier molecular flexibility index (Phi) is 6.42. The minimum Gasteiger partial charge on any atom is -0.495 e. The van der Waals surface area contributed by atoms with Gasteiger partial charge in [-0.1, -0.05) is 18.2 Å². The van der Waals surface area contributed by atoms with E-state index in [4.69, 9.17) is 14.2 Å². The lowest BCUT2D eigenvalue weighted by Crippen LogP contribution is -2.22. The van der Waals surface area contributed by atoms with Crippen LogP contribution in [0.25, 0.3) is 23.1 Å². The highest BCUT2D eigenvalue weighted by molar-refractivity contribution is 7.09. The maximum absolute atomic E-state index is 12.8. The second kappa shape index (κ2) is 9.57. The molecule has 4 aromatic rings. The molecule has 164 valence electrons. The first-order chi connectivity index (χ1) is 15.6. The fourth-order valence-corrected chi connectivity index (χ4v) is 4.07. The Bertz CT molecular complexity index is 1260. The smallest absolute Gasteiger partial charge is 0.255 e. The zero-order valence-corrected chi connectivity index (χ0v) is 18.8.